The molecular formula is C19H15N3. The van der Waals surface area contributed by atoms with Gasteiger partial charge in [0.1, 0.15) is 5.69 Å². The summed E-state index contributed by atoms with van der Waals surface area (Å²) >= 11 is 0. The second-order valence-corrected chi connectivity index (χ2v) is 5.11. The molecule has 0 unspecified atom stereocenters. The SMILES string of the molecule is c1ccc(-c2cc(-c3ccc[nH]3)nn2-c2ccccc2)cc1. The standard InChI is InChI=1S/C19H15N3/c1-3-8-15(9-4-1)19-14-18(17-12-7-13-20-17)21-22(19)16-10-5-2-6-11-16/h1-14,20H. The summed E-state index contributed by atoms with van der Waals surface area (Å²) in [6, 6.07) is 26.7. The molecule has 0 fully saturated rings. The maximum Gasteiger partial charge on any atom is 0.110 e. The van der Waals surface area contributed by atoms with Crippen molar-refractivity contribution in [3.63, 3.8) is 0 Å². The molecule has 4 rings (SSSR count). The van der Waals surface area contributed by atoms with Crippen molar-refractivity contribution in [3.8, 4) is 28.3 Å². The van der Waals surface area contributed by atoms with Crippen LogP contribution in [0.1, 0.15) is 0 Å². The highest BCUT2D eigenvalue weighted by Crippen LogP contribution is 2.27. The van der Waals surface area contributed by atoms with Crippen LogP contribution in [-0.4, -0.2) is 14.8 Å². The predicted octanol–water partition coefficient (Wildman–Crippen LogP) is 4.53. The summed E-state index contributed by atoms with van der Waals surface area (Å²) in [6.45, 7) is 0. The summed E-state index contributed by atoms with van der Waals surface area (Å²) in [5.41, 5.74) is 5.24. The number of aromatic nitrogens is 3. The molecule has 0 saturated heterocycles. The molecule has 0 aliphatic rings. The number of para-hydroxylation sites is 1. The third kappa shape index (κ3) is 2.23. The minimum absolute atomic E-state index is 0.938. The molecule has 4 aromatic rings. The molecule has 0 saturated carbocycles. The van der Waals surface area contributed by atoms with Crippen molar-refractivity contribution >= 4 is 0 Å². The molecule has 0 bridgehead atoms. The number of nitrogens with one attached hydrogen (secondary N) is 1. The predicted molar refractivity (Wildman–Crippen MR) is 88.8 cm³/mol. The summed E-state index contributed by atoms with van der Waals surface area (Å²) in [6.07, 6.45) is 1.92. The molecular weight excluding hydrogens is 270 g/mol. The van der Waals surface area contributed by atoms with Crippen LogP contribution in [0.3, 0.4) is 0 Å². The average molecular weight is 285 g/mol. The van der Waals surface area contributed by atoms with E-state index in [9.17, 15) is 0 Å². The third-order valence-corrected chi connectivity index (χ3v) is 3.65. The minimum atomic E-state index is 0.938. The monoisotopic (exact) mass is 285 g/mol. The normalized spacial score (nSPS) is 10.7. The van der Waals surface area contributed by atoms with Crippen LogP contribution < -0.4 is 0 Å². The lowest BCUT2D eigenvalue weighted by Crippen LogP contribution is -1.98. The zero-order chi connectivity index (χ0) is 14.8. The van der Waals surface area contributed by atoms with Crippen LogP contribution >= 0.6 is 0 Å². The first kappa shape index (κ1) is 12.7. The summed E-state index contributed by atoms with van der Waals surface area (Å²) in [4.78, 5) is 3.22. The van der Waals surface area contributed by atoms with Crippen LogP contribution in [-0.2, 0) is 0 Å². The van der Waals surface area contributed by atoms with Crippen molar-refractivity contribution in [2.45, 2.75) is 0 Å². The Hall–Kier alpha value is -3.07. The zero-order valence-electron chi connectivity index (χ0n) is 12.0. The Kier molecular flexibility index (Phi) is 3.09. The Labute approximate surface area is 128 Å². The summed E-state index contributed by atoms with van der Waals surface area (Å²) in [5, 5.41) is 4.78. The Bertz CT molecular complexity index is 803. The van der Waals surface area contributed by atoms with Crippen LogP contribution in [0.5, 0.6) is 0 Å². The van der Waals surface area contributed by atoms with E-state index in [1.165, 1.54) is 0 Å². The van der Waals surface area contributed by atoms with Crippen molar-refractivity contribution in [3.05, 3.63) is 85.1 Å². The van der Waals surface area contributed by atoms with Crippen molar-refractivity contribution in [2.24, 2.45) is 0 Å². The van der Waals surface area contributed by atoms with Gasteiger partial charge in [-0.25, -0.2) is 4.68 Å². The van der Waals surface area contributed by atoms with E-state index in [0.29, 0.717) is 0 Å². The molecule has 22 heavy (non-hydrogen) atoms. The molecule has 0 aliphatic carbocycles. The van der Waals surface area contributed by atoms with Crippen LogP contribution in [0, 0.1) is 0 Å². The van der Waals surface area contributed by atoms with Gasteiger partial charge in [-0.3, -0.25) is 0 Å². The lowest BCUT2D eigenvalue weighted by molar-refractivity contribution is 0.890. The molecule has 0 atom stereocenters. The fraction of sp³-hybridized carbons (Fsp3) is 0. The third-order valence-electron chi connectivity index (χ3n) is 3.65. The van der Waals surface area contributed by atoms with E-state index in [0.717, 1.165) is 28.3 Å². The maximum absolute atomic E-state index is 4.78. The maximum atomic E-state index is 4.78. The van der Waals surface area contributed by atoms with Gasteiger partial charge in [0, 0.05) is 11.8 Å². The van der Waals surface area contributed by atoms with E-state index >= 15 is 0 Å². The molecule has 106 valence electrons. The van der Waals surface area contributed by atoms with Gasteiger partial charge in [0.05, 0.1) is 17.1 Å². The van der Waals surface area contributed by atoms with Gasteiger partial charge >= 0.3 is 0 Å². The number of benzene rings is 2. The second-order valence-electron chi connectivity index (χ2n) is 5.11. The van der Waals surface area contributed by atoms with Crippen LogP contribution in [0.25, 0.3) is 28.3 Å². The van der Waals surface area contributed by atoms with Crippen molar-refractivity contribution in [1.82, 2.24) is 14.8 Å². The molecule has 3 heteroatoms. The Balaban J connectivity index is 1.92. The van der Waals surface area contributed by atoms with Gasteiger partial charge in [-0.15, -0.1) is 0 Å². The molecule has 0 aliphatic heterocycles. The smallest absolute Gasteiger partial charge is 0.110 e. The number of aromatic amines is 1. The molecule has 2 heterocycles. The quantitative estimate of drug-likeness (QED) is 0.589. The highest BCUT2D eigenvalue weighted by Gasteiger charge is 2.12. The van der Waals surface area contributed by atoms with Gasteiger partial charge in [-0.05, 0) is 30.3 Å². The van der Waals surface area contributed by atoms with E-state index in [4.69, 9.17) is 5.10 Å². The number of hydrogen-bond donors (Lipinski definition) is 1. The molecule has 0 radical (unpaired) electrons. The highest BCUT2D eigenvalue weighted by molar-refractivity contribution is 5.69. The average Bonchev–Trinajstić information content (AvgIpc) is 3.26. The fourth-order valence-electron chi connectivity index (χ4n) is 2.58. The first-order valence-corrected chi connectivity index (χ1v) is 7.26. The van der Waals surface area contributed by atoms with Crippen molar-refractivity contribution < 1.29 is 0 Å². The van der Waals surface area contributed by atoms with Crippen LogP contribution in [0.4, 0.5) is 0 Å². The van der Waals surface area contributed by atoms with Crippen molar-refractivity contribution in [2.75, 3.05) is 0 Å². The molecule has 0 amide bonds. The van der Waals surface area contributed by atoms with E-state index in [1.807, 2.05) is 59.4 Å². The first-order valence-electron chi connectivity index (χ1n) is 7.26. The summed E-state index contributed by atoms with van der Waals surface area (Å²) < 4.78 is 1.99. The molecule has 2 aromatic heterocycles. The highest BCUT2D eigenvalue weighted by atomic mass is 15.3. The Morgan fingerprint density at radius 3 is 2.18 bits per heavy atom. The number of hydrogen-bond acceptors (Lipinski definition) is 1. The van der Waals surface area contributed by atoms with Gasteiger partial charge in [0.25, 0.3) is 0 Å². The lowest BCUT2D eigenvalue weighted by atomic mass is 10.1. The van der Waals surface area contributed by atoms with Gasteiger partial charge < -0.3 is 4.98 Å². The molecule has 3 nitrogen and oxygen atoms in total. The van der Waals surface area contributed by atoms with Gasteiger partial charge in [-0.1, -0.05) is 48.5 Å². The van der Waals surface area contributed by atoms with E-state index in [2.05, 4.69) is 35.3 Å². The zero-order valence-corrected chi connectivity index (χ0v) is 12.0. The van der Waals surface area contributed by atoms with Crippen LogP contribution in [0.15, 0.2) is 85.1 Å². The van der Waals surface area contributed by atoms with E-state index < -0.39 is 0 Å². The molecule has 2 aromatic carbocycles. The van der Waals surface area contributed by atoms with Gasteiger partial charge in [0.2, 0.25) is 0 Å². The fourth-order valence-corrected chi connectivity index (χ4v) is 2.58. The van der Waals surface area contributed by atoms with Gasteiger partial charge in [-0.2, -0.15) is 5.10 Å². The minimum Gasteiger partial charge on any atom is -0.360 e. The van der Waals surface area contributed by atoms with Crippen LogP contribution in [0.2, 0.25) is 0 Å². The lowest BCUT2D eigenvalue weighted by Gasteiger charge is -2.07. The molecule has 0 spiro atoms. The summed E-state index contributed by atoms with van der Waals surface area (Å²) in [7, 11) is 0. The van der Waals surface area contributed by atoms with E-state index in [1.54, 1.807) is 0 Å². The second kappa shape index (κ2) is 5.37. The van der Waals surface area contributed by atoms with Crippen molar-refractivity contribution in [1.29, 1.82) is 0 Å². The first-order chi connectivity index (χ1) is 10.9. The van der Waals surface area contributed by atoms with Gasteiger partial charge in [0.15, 0.2) is 0 Å². The Morgan fingerprint density at radius 1 is 0.773 bits per heavy atom. The Morgan fingerprint density at radius 2 is 1.50 bits per heavy atom. The number of rotatable bonds is 3. The number of nitrogens with zero attached hydrogens (tertiary/aromatic N) is 2. The number of H-pyrrole nitrogens is 1. The molecule has 1 N–H and O–H groups in total. The topological polar surface area (TPSA) is 33.6 Å². The van der Waals surface area contributed by atoms with E-state index in [-0.39, 0.29) is 0 Å². The summed E-state index contributed by atoms with van der Waals surface area (Å²) in [5.74, 6) is 0. The largest absolute Gasteiger partial charge is 0.360 e.